The quantitative estimate of drug-likeness (QED) is 0.706. The number of hydrogen-bond acceptors (Lipinski definition) is 3. The SMILES string of the molecule is Cn1cccc1C(=O)COCC1CCOC1. The molecule has 0 N–H and O–H groups in total. The van der Waals surface area contributed by atoms with Gasteiger partial charge in [0.25, 0.3) is 0 Å². The van der Waals surface area contributed by atoms with Gasteiger partial charge in [0.2, 0.25) is 5.78 Å². The van der Waals surface area contributed by atoms with Crippen LogP contribution < -0.4 is 0 Å². The second-order valence-corrected chi connectivity index (χ2v) is 4.17. The molecule has 88 valence electrons. The molecule has 1 aromatic rings. The number of nitrogens with zero attached hydrogens (tertiary/aromatic N) is 1. The van der Waals surface area contributed by atoms with Crippen molar-refractivity contribution in [2.75, 3.05) is 26.4 Å². The molecule has 0 aliphatic carbocycles. The van der Waals surface area contributed by atoms with E-state index >= 15 is 0 Å². The molecule has 0 bridgehead atoms. The number of ether oxygens (including phenoxy) is 2. The normalized spacial score (nSPS) is 20.2. The summed E-state index contributed by atoms with van der Waals surface area (Å²) in [4.78, 5) is 11.7. The number of ketones is 1. The molecule has 4 heteroatoms. The smallest absolute Gasteiger partial charge is 0.204 e. The predicted octanol–water partition coefficient (Wildman–Crippen LogP) is 1.26. The van der Waals surface area contributed by atoms with Crippen molar-refractivity contribution in [2.24, 2.45) is 13.0 Å². The van der Waals surface area contributed by atoms with Crippen molar-refractivity contribution in [3.05, 3.63) is 24.0 Å². The van der Waals surface area contributed by atoms with Crippen LogP contribution in [0.2, 0.25) is 0 Å². The van der Waals surface area contributed by atoms with Gasteiger partial charge in [0.15, 0.2) is 0 Å². The predicted molar refractivity (Wildman–Crippen MR) is 59.5 cm³/mol. The summed E-state index contributed by atoms with van der Waals surface area (Å²) in [7, 11) is 1.86. The number of hydrogen-bond donors (Lipinski definition) is 0. The fourth-order valence-electron chi connectivity index (χ4n) is 1.86. The Morgan fingerprint density at radius 1 is 1.69 bits per heavy atom. The van der Waals surface area contributed by atoms with Gasteiger partial charge in [0, 0.05) is 25.8 Å². The van der Waals surface area contributed by atoms with E-state index in [2.05, 4.69) is 0 Å². The third-order valence-electron chi connectivity index (χ3n) is 2.84. The van der Waals surface area contributed by atoms with Crippen molar-refractivity contribution < 1.29 is 14.3 Å². The fraction of sp³-hybridized carbons (Fsp3) is 0.583. The molecule has 1 saturated heterocycles. The van der Waals surface area contributed by atoms with Crippen LogP contribution in [0.25, 0.3) is 0 Å². The zero-order chi connectivity index (χ0) is 11.4. The molecule has 1 unspecified atom stereocenters. The van der Waals surface area contributed by atoms with Crippen LogP contribution in [0.5, 0.6) is 0 Å². The summed E-state index contributed by atoms with van der Waals surface area (Å²) in [6, 6.07) is 3.67. The second-order valence-electron chi connectivity index (χ2n) is 4.17. The van der Waals surface area contributed by atoms with Crippen LogP contribution in [0.1, 0.15) is 16.9 Å². The summed E-state index contributed by atoms with van der Waals surface area (Å²) >= 11 is 0. The fourth-order valence-corrected chi connectivity index (χ4v) is 1.86. The van der Waals surface area contributed by atoms with E-state index in [0.29, 0.717) is 18.2 Å². The first kappa shape index (κ1) is 11.4. The molecular formula is C12H17NO3. The van der Waals surface area contributed by atoms with E-state index in [1.54, 1.807) is 0 Å². The highest BCUT2D eigenvalue weighted by Gasteiger charge is 2.16. The van der Waals surface area contributed by atoms with Gasteiger partial charge in [-0.15, -0.1) is 0 Å². The Labute approximate surface area is 95.2 Å². The molecule has 0 aromatic carbocycles. The Balaban J connectivity index is 1.73. The Morgan fingerprint density at radius 2 is 2.56 bits per heavy atom. The lowest BCUT2D eigenvalue weighted by Gasteiger charge is -2.08. The Hall–Kier alpha value is -1.13. The van der Waals surface area contributed by atoms with Gasteiger partial charge in [-0.1, -0.05) is 0 Å². The maximum atomic E-state index is 11.7. The number of carbonyl (C=O) groups excluding carboxylic acids is 1. The first-order chi connectivity index (χ1) is 7.77. The highest BCUT2D eigenvalue weighted by Crippen LogP contribution is 2.12. The number of carbonyl (C=O) groups is 1. The van der Waals surface area contributed by atoms with Crippen LogP contribution in [0.4, 0.5) is 0 Å². The van der Waals surface area contributed by atoms with Gasteiger partial charge in [0.05, 0.1) is 18.9 Å². The molecule has 0 radical (unpaired) electrons. The molecule has 2 heterocycles. The van der Waals surface area contributed by atoms with Crippen LogP contribution in [-0.2, 0) is 16.5 Å². The van der Waals surface area contributed by atoms with Gasteiger partial charge in [-0.2, -0.15) is 0 Å². The van der Waals surface area contributed by atoms with E-state index in [9.17, 15) is 4.79 Å². The zero-order valence-electron chi connectivity index (χ0n) is 9.52. The lowest BCUT2D eigenvalue weighted by atomic mass is 10.1. The van der Waals surface area contributed by atoms with Gasteiger partial charge in [-0.05, 0) is 18.6 Å². The van der Waals surface area contributed by atoms with Crippen molar-refractivity contribution in [3.8, 4) is 0 Å². The zero-order valence-corrected chi connectivity index (χ0v) is 9.52. The van der Waals surface area contributed by atoms with Crippen LogP contribution in [0.15, 0.2) is 18.3 Å². The van der Waals surface area contributed by atoms with Gasteiger partial charge >= 0.3 is 0 Å². The second kappa shape index (κ2) is 5.27. The van der Waals surface area contributed by atoms with Crippen LogP contribution in [0, 0.1) is 5.92 Å². The number of aryl methyl sites for hydroxylation is 1. The van der Waals surface area contributed by atoms with Crippen molar-refractivity contribution in [3.63, 3.8) is 0 Å². The molecule has 4 nitrogen and oxygen atoms in total. The third kappa shape index (κ3) is 2.71. The number of aromatic nitrogens is 1. The van der Waals surface area contributed by atoms with Gasteiger partial charge in [0.1, 0.15) is 6.61 Å². The summed E-state index contributed by atoms with van der Waals surface area (Å²) in [5, 5.41) is 0. The van der Waals surface area contributed by atoms with Crippen LogP contribution >= 0.6 is 0 Å². The summed E-state index contributed by atoms with van der Waals surface area (Å²) < 4.78 is 12.5. The van der Waals surface area contributed by atoms with Crippen molar-refractivity contribution in [1.29, 1.82) is 0 Å². The highest BCUT2D eigenvalue weighted by atomic mass is 16.5. The Morgan fingerprint density at radius 3 is 3.19 bits per heavy atom. The minimum atomic E-state index is 0.0337. The summed E-state index contributed by atoms with van der Waals surface area (Å²) in [6.07, 6.45) is 2.90. The average Bonchev–Trinajstić information content (AvgIpc) is 2.88. The molecule has 1 atom stereocenters. The Kier molecular flexibility index (Phi) is 3.74. The highest BCUT2D eigenvalue weighted by molar-refractivity contribution is 5.95. The first-order valence-electron chi connectivity index (χ1n) is 5.57. The maximum absolute atomic E-state index is 11.7. The van der Waals surface area contributed by atoms with Crippen molar-refractivity contribution >= 4 is 5.78 Å². The largest absolute Gasteiger partial charge is 0.381 e. The standard InChI is InChI=1S/C12H17NO3/c1-13-5-2-3-11(13)12(14)9-16-8-10-4-6-15-7-10/h2-3,5,10H,4,6-9H2,1H3. The summed E-state index contributed by atoms with van der Waals surface area (Å²) in [5.74, 6) is 0.493. The van der Waals surface area contributed by atoms with E-state index in [-0.39, 0.29) is 12.4 Å². The van der Waals surface area contributed by atoms with Crippen molar-refractivity contribution in [1.82, 2.24) is 4.57 Å². The van der Waals surface area contributed by atoms with Crippen molar-refractivity contribution in [2.45, 2.75) is 6.42 Å². The molecule has 1 aliphatic rings. The lowest BCUT2D eigenvalue weighted by Crippen LogP contribution is -2.16. The van der Waals surface area contributed by atoms with E-state index in [1.807, 2.05) is 29.9 Å². The lowest BCUT2D eigenvalue weighted by molar-refractivity contribution is 0.0645. The minimum Gasteiger partial charge on any atom is -0.381 e. The van der Waals surface area contributed by atoms with Gasteiger partial charge < -0.3 is 14.0 Å². The molecule has 0 amide bonds. The first-order valence-corrected chi connectivity index (χ1v) is 5.57. The van der Waals surface area contributed by atoms with E-state index in [4.69, 9.17) is 9.47 Å². The molecule has 1 aromatic heterocycles. The van der Waals surface area contributed by atoms with E-state index < -0.39 is 0 Å². The summed E-state index contributed by atoms with van der Waals surface area (Å²) in [6.45, 7) is 2.36. The third-order valence-corrected chi connectivity index (χ3v) is 2.84. The number of rotatable bonds is 5. The average molecular weight is 223 g/mol. The van der Waals surface area contributed by atoms with Gasteiger partial charge in [-0.3, -0.25) is 4.79 Å². The maximum Gasteiger partial charge on any atom is 0.204 e. The molecule has 2 rings (SSSR count). The number of Topliss-reactive ketones (excluding diaryl/α,β-unsaturated/α-hetero) is 1. The summed E-state index contributed by atoms with van der Waals surface area (Å²) in [5.41, 5.74) is 0.697. The van der Waals surface area contributed by atoms with Gasteiger partial charge in [-0.25, -0.2) is 0 Å². The van der Waals surface area contributed by atoms with Crippen LogP contribution in [0.3, 0.4) is 0 Å². The minimum absolute atomic E-state index is 0.0337. The molecular weight excluding hydrogens is 206 g/mol. The molecule has 16 heavy (non-hydrogen) atoms. The monoisotopic (exact) mass is 223 g/mol. The van der Waals surface area contributed by atoms with E-state index in [1.165, 1.54) is 0 Å². The Bertz CT molecular complexity index is 353. The molecule has 1 fully saturated rings. The van der Waals surface area contributed by atoms with Crippen LogP contribution in [-0.4, -0.2) is 36.8 Å². The molecule has 0 saturated carbocycles. The van der Waals surface area contributed by atoms with E-state index in [0.717, 1.165) is 19.6 Å². The molecule has 1 aliphatic heterocycles. The molecule has 0 spiro atoms. The topological polar surface area (TPSA) is 40.5 Å².